The van der Waals surface area contributed by atoms with Gasteiger partial charge in [-0.3, -0.25) is 4.98 Å². The molecule has 6 nitrogen and oxygen atoms in total. The van der Waals surface area contributed by atoms with Gasteiger partial charge in [-0.05, 0) is 79.3 Å². The zero-order valence-electron chi connectivity index (χ0n) is 18.9. The Morgan fingerprint density at radius 3 is 2.42 bits per heavy atom. The van der Waals surface area contributed by atoms with Crippen molar-refractivity contribution < 1.29 is 0 Å². The van der Waals surface area contributed by atoms with Crippen molar-refractivity contribution in [1.82, 2.24) is 19.9 Å². The van der Waals surface area contributed by atoms with Crippen molar-refractivity contribution in [3.05, 3.63) is 102 Å². The highest BCUT2D eigenvalue weighted by molar-refractivity contribution is 7.80. The molecule has 3 aromatic heterocycles. The minimum absolute atomic E-state index is 0.101. The minimum Gasteiger partial charge on any atom is -0.378 e. The van der Waals surface area contributed by atoms with Crippen molar-refractivity contribution in [2.24, 2.45) is 0 Å². The Kier molecular flexibility index (Phi) is 5.56. The molecule has 1 saturated heterocycles. The highest BCUT2D eigenvalue weighted by atomic mass is 32.1. The van der Waals surface area contributed by atoms with Crippen LogP contribution in [0.1, 0.15) is 29.0 Å². The number of hydrogen-bond donors (Lipinski definition) is 1. The van der Waals surface area contributed by atoms with E-state index in [2.05, 4.69) is 78.3 Å². The van der Waals surface area contributed by atoms with Crippen LogP contribution in [0.4, 0.5) is 11.4 Å². The molecule has 1 aliphatic rings. The summed E-state index contributed by atoms with van der Waals surface area (Å²) in [7, 11) is 4.08. The van der Waals surface area contributed by atoms with E-state index in [4.69, 9.17) is 12.2 Å². The van der Waals surface area contributed by atoms with Crippen molar-refractivity contribution >= 4 is 28.7 Å². The molecule has 7 heteroatoms. The summed E-state index contributed by atoms with van der Waals surface area (Å²) >= 11 is 5.86. The van der Waals surface area contributed by atoms with E-state index in [-0.39, 0.29) is 12.1 Å². The largest absolute Gasteiger partial charge is 0.378 e. The number of hydrogen-bond acceptors (Lipinski definition) is 4. The molecule has 33 heavy (non-hydrogen) atoms. The Balaban J connectivity index is 1.63. The maximum atomic E-state index is 5.86. The van der Waals surface area contributed by atoms with E-state index >= 15 is 0 Å². The van der Waals surface area contributed by atoms with Crippen LogP contribution in [0.25, 0.3) is 5.82 Å². The molecule has 4 heterocycles. The van der Waals surface area contributed by atoms with Gasteiger partial charge in [-0.25, -0.2) is 4.98 Å². The predicted octanol–water partition coefficient (Wildman–Crippen LogP) is 4.82. The Morgan fingerprint density at radius 1 is 0.939 bits per heavy atom. The molecule has 0 spiro atoms. The number of thiocarbonyl (C=S) groups is 1. The second-order valence-corrected chi connectivity index (χ2v) is 8.79. The average Bonchev–Trinajstić information content (AvgIpc) is 3.44. The molecule has 0 unspecified atom stereocenters. The van der Waals surface area contributed by atoms with E-state index in [9.17, 15) is 0 Å². The fraction of sp³-hybridized carbons (Fsp3) is 0.192. The third-order valence-electron chi connectivity index (χ3n) is 5.97. The van der Waals surface area contributed by atoms with Crippen LogP contribution in [0.3, 0.4) is 0 Å². The van der Waals surface area contributed by atoms with Crippen LogP contribution in [-0.2, 0) is 0 Å². The lowest BCUT2D eigenvalue weighted by Gasteiger charge is -2.29. The first-order valence-electron chi connectivity index (χ1n) is 10.9. The number of benzene rings is 1. The lowest BCUT2D eigenvalue weighted by atomic mass is 10.0. The quantitative estimate of drug-likeness (QED) is 0.437. The van der Waals surface area contributed by atoms with Gasteiger partial charge in [0.25, 0.3) is 0 Å². The Bertz CT molecular complexity index is 1250. The molecule has 1 fully saturated rings. The molecule has 166 valence electrons. The van der Waals surface area contributed by atoms with Crippen molar-refractivity contribution in [1.29, 1.82) is 0 Å². The van der Waals surface area contributed by atoms with Gasteiger partial charge in [0.1, 0.15) is 11.9 Å². The minimum atomic E-state index is -0.105. The van der Waals surface area contributed by atoms with E-state index in [1.54, 1.807) is 0 Å². The molecule has 0 saturated carbocycles. The van der Waals surface area contributed by atoms with Crippen molar-refractivity contribution in [2.75, 3.05) is 23.9 Å². The highest BCUT2D eigenvalue weighted by Crippen LogP contribution is 2.42. The Labute approximate surface area is 199 Å². The smallest absolute Gasteiger partial charge is 0.174 e. The summed E-state index contributed by atoms with van der Waals surface area (Å²) in [6.45, 7) is 2.04. The number of nitrogens with zero attached hydrogens (tertiary/aromatic N) is 5. The number of rotatable bonds is 5. The van der Waals surface area contributed by atoms with Gasteiger partial charge >= 0.3 is 0 Å². The van der Waals surface area contributed by atoms with Crippen LogP contribution in [0.15, 0.2) is 85.3 Å². The van der Waals surface area contributed by atoms with Gasteiger partial charge in [-0.2, -0.15) is 0 Å². The molecule has 1 N–H and O–H groups in total. The summed E-state index contributed by atoms with van der Waals surface area (Å²) in [6.07, 6.45) is 5.77. The van der Waals surface area contributed by atoms with Crippen LogP contribution >= 0.6 is 12.2 Å². The van der Waals surface area contributed by atoms with E-state index in [1.807, 2.05) is 57.7 Å². The molecule has 5 rings (SSSR count). The summed E-state index contributed by atoms with van der Waals surface area (Å²) in [4.78, 5) is 13.6. The van der Waals surface area contributed by atoms with E-state index in [0.29, 0.717) is 5.11 Å². The molecule has 4 aromatic rings. The summed E-state index contributed by atoms with van der Waals surface area (Å²) in [5.41, 5.74) is 5.34. The number of anilines is 2. The van der Waals surface area contributed by atoms with Gasteiger partial charge in [0.2, 0.25) is 0 Å². The second kappa shape index (κ2) is 8.67. The molecule has 0 radical (unpaired) electrons. The second-order valence-electron chi connectivity index (χ2n) is 8.40. The normalized spacial score (nSPS) is 17.8. The third kappa shape index (κ3) is 3.96. The third-order valence-corrected chi connectivity index (χ3v) is 6.28. The topological polar surface area (TPSA) is 49.2 Å². The van der Waals surface area contributed by atoms with Crippen LogP contribution in [0, 0.1) is 6.92 Å². The zero-order valence-corrected chi connectivity index (χ0v) is 19.7. The number of aromatic nitrogens is 3. The van der Waals surface area contributed by atoms with Crippen LogP contribution in [-0.4, -0.2) is 33.7 Å². The molecule has 0 aliphatic carbocycles. The lowest BCUT2D eigenvalue weighted by molar-refractivity contribution is 0.548. The van der Waals surface area contributed by atoms with E-state index in [1.165, 1.54) is 0 Å². The van der Waals surface area contributed by atoms with Crippen molar-refractivity contribution in [3.63, 3.8) is 0 Å². The van der Waals surface area contributed by atoms with Crippen LogP contribution in [0.5, 0.6) is 0 Å². The molecule has 1 aliphatic heterocycles. The Morgan fingerprint density at radius 2 is 1.76 bits per heavy atom. The molecule has 1 aromatic carbocycles. The highest BCUT2D eigenvalue weighted by Gasteiger charge is 2.42. The number of nitrogens with one attached hydrogen (secondary N) is 1. The fourth-order valence-corrected chi connectivity index (χ4v) is 4.64. The van der Waals surface area contributed by atoms with Crippen molar-refractivity contribution in [2.45, 2.75) is 19.0 Å². The zero-order chi connectivity index (χ0) is 22.9. The molecular weight excluding hydrogens is 428 g/mol. The molecule has 0 bridgehead atoms. The summed E-state index contributed by atoms with van der Waals surface area (Å²) in [5, 5.41) is 4.21. The van der Waals surface area contributed by atoms with Gasteiger partial charge in [-0.1, -0.05) is 12.1 Å². The average molecular weight is 455 g/mol. The monoisotopic (exact) mass is 454 g/mol. The van der Waals surface area contributed by atoms with Crippen LogP contribution < -0.4 is 15.1 Å². The fourth-order valence-electron chi connectivity index (χ4n) is 4.29. The van der Waals surface area contributed by atoms with Crippen LogP contribution in [0.2, 0.25) is 0 Å². The first-order chi connectivity index (χ1) is 16.0. The van der Waals surface area contributed by atoms with E-state index < -0.39 is 0 Å². The van der Waals surface area contributed by atoms with Crippen molar-refractivity contribution in [3.8, 4) is 5.82 Å². The summed E-state index contributed by atoms with van der Waals surface area (Å²) in [5.74, 6) is 0.876. The van der Waals surface area contributed by atoms with E-state index in [0.717, 1.165) is 34.1 Å². The maximum absolute atomic E-state index is 5.86. The molecule has 0 amide bonds. The van der Waals surface area contributed by atoms with Gasteiger partial charge in [0, 0.05) is 49.8 Å². The summed E-state index contributed by atoms with van der Waals surface area (Å²) in [6, 6.07) is 22.6. The SMILES string of the molecule is Cc1ccc(-n2cccc2[C@@H]2[C@@H](c3ccccn3)NC(=S)N2c2ccc(N(C)C)cc2)nc1. The van der Waals surface area contributed by atoms with Gasteiger partial charge < -0.3 is 19.7 Å². The number of aryl methyl sites for hydroxylation is 1. The first-order valence-corrected chi connectivity index (χ1v) is 11.3. The Hall–Kier alpha value is -3.71. The summed E-state index contributed by atoms with van der Waals surface area (Å²) < 4.78 is 2.14. The molecular formula is C26H26N6S. The first kappa shape index (κ1) is 21.2. The maximum Gasteiger partial charge on any atom is 0.174 e. The standard InChI is InChI=1S/C26H26N6S/c1-18-9-14-23(28-17-18)31-16-6-8-22(31)25-24(21-7-4-5-15-27-21)29-26(33)32(25)20-12-10-19(11-13-20)30(2)3/h4-17,24-25H,1-3H3,(H,29,33)/t24-,25-/m1/s1. The lowest BCUT2D eigenvalue weighted by Crippen LogP contribution is -2.30. The molecule has 2 atom stereocenters. The number of pyridine rings is 2. The predicted molar refractivity (Wildman–Crippen MR) is 137 cm³/mol. The van der Waals surface area contributed by atoms with Gasteiger partial charge in [0.05, 0.1) is 11.7 Å². The van der Waals surface area contributed by atoms with Gasteiger partial charge in [0.15, 0.2) is 5.11 Å². The van der Waals surface area contributed by atoms with Gasteiger partial charge in [-0.15, -0.1) is 0 Å².